The Bertz CT molecular complexity index is 709. The van der Waals surface area contributed by atoms with Crippen LogP contribution in [0.5, 0.6) is 0 Å². The van der Waals surface area contributed by atoms with Gasteiger partial charge < -0.3 is 10.4 Å². The first kappa shape index (κ1) is 14.8. The molecule has 22 heavy (non-hydrogen) atoms. The Morgan fingerprint density at radius 3 is 2.55 bits per heavy atom. The number of nitrogens with one attached hydrogen (secondary N) is 1. The lowest BCUT2D eigenvalue weighted by atomic mass is 9.88. The summed E-state index contributed by atoms with van der Waals surface area (Å²) in [6.07, 6.45) is 0.930. The van der Waals surface area contributed by atoms with E-state index in [0.717, 1.165) is 30.9 Å². The van der Waals surface area contributed by atoms with Crippen LogP contribution < -0.4 is 5.32 Å². The average molecular weight is 299 g/mol. The number of aromatic nitrogens is 2. The van der Waals surface area contributed by atoms with Crippen LogP contribution in [0.25, 0.3) is 5.69 Å². The van der Waals surface area contributed by atoms with E-state index < -0.39 is 5.97 Å². The van der Waals surface area contributed by atoms with Crippen molar-refractivity contribution in [3.8, 4) is 5.69 Å². The molecule has 0 unspecified atom stereocenters. The first-order chi connectivity index (χ1) is 10.4. The van der Waals surface area contributed by atoms with Gasteiger partial charge in [-0.2, -0.15) is 5.10 Å². The Labute approximate surface area is 130 Å². The van der Waals surface area contributed by atoms with Crippen molar-refractivity contribution < 1.29 is 9.90 Å². The standard InChI is InChI=1S/C17H21N3O2/c1-17(2,3)15-13-10-18-9-8-14(13)20(19-15)12-6-4-11(5-7-12)16(21)22/h4-7,18H,8-10H2,1-3H3,(H,21,22). The van der Waals surface area contributed by atoms with E-state index in [1.165, 1.54) is 11.3 Å². The lowest BCUT2D eigenvalue weighted by molar-refractivity contribution is 0.0697. The molecule has 0 amide bonds. The minimum Gasteiger partial charge on any atom is -0.478 e. The molecular weight excluding hydrogens is 278 g/mol. The fraction of sp³-hybridized carbons (Fsp3) is 0.412. The molecule has 0 bridgehead atoms. The minimum absolute atomic E-state index is 0.0185. The fourth-order valence-corrected chi connectivity index (χ4v) is 2.91. The summed E-state index contributed by atoms with van der Waals surface area (Å²) in [5, 5.41) is 17.3. The van der Waals surface area contributed by atoms with Gasteiger partial charge in [0.1, 0.15) is 0 Å². The molecule has 0 spiro atoms. The first-order valence-corrected chi connectivity index (χ1v) is 7.53. The quantitative estimate of drug-likeness (QED) is 0.894. The topological polar surface area (TPSA) is 67.2 Å². The van der Waals surface area contributed by atoms with Crippen molar-refractivity contribution in [2.75, 3.05) is 6.54 Å². The van der Waals surface area contributed by atoms with E-state index in [2.05, 4.69) is 26.1 Å². The fourth-order valence-electron chi connectivity index (χ4n) is 2.91. The summed E-state index contributed by atoms with van der Waals surface area (Å²) in [6, 6.07) is 6.91. The number of carboxylic acid groups (broad SMARTS) is 1. The zero-order chi connectivity index (χ0) is 15.9. The Balaban J connectivity index is 2.11. The van der Waals surface area contributed by atoms with Crippen molar-refractivity contribution >= 4 is 5.97 Å². The highest BCUT2D eigenvalue weighted by molar-refractivity contribution is 5.87. The van der Waals surface area contributed by atoms with Crippen molar-refractivity contribution in [3.05, 3.63) is 46.8 Å². The van der Waals surface area contributed by atoms with Gasteiger partial charge >= 0.3 is 5.97 Å². The molecule has 116 valence electrons. The SMILES string of the molecule is CC(C)(C)c1nn(-c2ccc(C(=O)O)cc2)c2c1CNCC2. The smallest absolute Gasteiger partial charge is 0.335 e. The Kier molecular flexibility index (Phi) is 3.53. The highest BCUT2D eigenvalue weighted by Gasteiger charge is 2.28. The average Bonchev–Trinajstić information content (AvgIpc) is 2.87. The van der Waals surface area contributed by atoms with Crippen LogP contribution in [0.15, 0.2) is 24.3 Å². The summed E-state index contributed by atoms with van der Waals surface area (Å²) < 4.78 is 1.97. The summed E-state index contributed by atoms with van der Waals surface area (Å²) >= 11 is 0. The minimum atomic E-state index is -0.909. The molecule has 5 heteroatoms. The molecule has 5 nitrogen and oxygen atoms in total. The van der Waals surface area contributed by atoms with Gasteiger partial charge in [0.15, 0.2) is 0 Å². The second-order valence-corrected chi connectivity index (χ2v) is 6.71. The maximum absolute atomic E-state index is 11.0. The molecule has 0 saturated carbocycles. The number of hydrogen-bond acceptors (Lipinski definition) is 3. The number of benzene rings is 1. The number of carbonyl (C=O) groups is 1. The van der Waals surface area contributed by atoms with E-state index in [1.54, 1.807) is 12.1 Å². The molecule has 2 aromatic rings. The summed E-state index contributed by atoms with van der Waals surface area (Å²) in [7, 11) is 0. The molecule has 2 N–H and O–H groups in total. The highest BCUT2D eigenvalue weighted by Crippen LogP contribution is 2.30. The van der Waals surface area contributed by atoms with Crippen LogP contribution in [0.2, 0.25) is 0 Å². The van der Waals surface area contributed by atoms with E-state index in [9.17, 15) is 4.79 Å². The second kappa shape index (κ2) is 5.25. The second-order valence-electron chi connectivity index (χ2n) is 6.71. The Hall–Kier alpha value is -2.14. The van der Waals surface area contributed by atoms with Gasteiger partial charge in [0, 0.05) is 30.5 Å². The number of carboxylic acids is 1. The van der Waals surface area contributed by atoms with E-state index in [4.69, 9.17) is 10.2 Å². The van der Waals surface area contributed by atoms with Gasteiger partial charge in [-0.05, 0) is 24.3 Å². The van der Waals surface area contributed by atoms with Crippen molar-refractivity contribution in [1.29, 1.82) is 0 Å². The molecule has 0 aliphatic carbocycles. The van der Waals surface area contributed by atoms with Crippen LogP contribution in [0, 0.1) is 0 Å². The zero-order valence-corrected chi connectivity index (χ0v) is 13.2. The molecule has 0 radical (unpaired) electrons. The van der Waals surface area contributed by atoms with Crippen molar-refractivity contribution in [2.45, 2.75) is 39.2 Å². The number of hydrogen-bond donors (Lipinski definition) is 2. The summed E-state index contributed by atoms with van der Waals surface area (Å²) in [5.74, 6) is -0.909. The lowest BCUT2D eigenvalue weighted by Crippen LogP contribution is -2.26. The number of nitrogens with zero attached hydrogens (tertiary/aromatic N) is 2. The van der Waals surface area contributed by atoms with E-state index in [1.807, 2.05) is 16.8 Å². The highest BCUT2D eigenvalue weighted by atomic mass is 16.4. The molecule has 0 saturated heterocycles. The Morgan fingerprint density at radius 2 is 1.95 bits per heavy atom. The van der Waals surface area contributed by atoms with Crippen molar-refractivity contribution in [2.24, 2.45) is 0 Å². The molecule has 1 aliphatic rings. The van der Waals surface area contributed by atoms with Gasteiger partial charge in [-0.15, -0.1) is 0 Å². The predicted molar refractivity (Wildman–Crippen MR) is 84.6 cm³/mol. The number of fused-ring (bicyclic) bond motifs is 1. The van der Waals surface area contributed by atoms with Crippen molar-refractivity contribution in [1.82, 2.24) is 15.1 Å². The van der Waals surface area contributed by atoms with E-state index in [0.29, 0.717) is 5.56 Å². The summed E-state index contributed by atoms with van der Waals surface area (Å²) in [5.41, 5.74) is 4.81. The number of rotatable bonds is 2. The van der Waals surface area contributed by atoms with Crippen LogP contribution in [-0.2, 0) is 18.4 Å². The van der Waals surface area contributed by atoms with Crippen LogP contribution in [0.3, 0.4) is 0 Å². The molecule has 0 atom stereocenters. The van der Waals surface area contributed by atoms with Crippen molar-refractivity contribution in [3.63, 3.8) is 0 Å². The third-order valence-corrected chi connectivity index (χ3v) is 4.00. The monoisotopic (exact) mass is 299 g/mol. The maximum Gasteiger partial charge on any atom is 0.335 e. The van der Waals surface area contributed by atoms with Gasteiger partial charge in [-0.1, -0.05) is 20.8 Å². The largest absolute Gasteiger partial charge is 0.478 e. The molecule has 1 aromatic carbocycles. The molecule has 1 aliphatic heterocycles. The van der Waals surface area contributed by atoms with E-state index >= 15 is 0 Å². The van der Waals surface area contributed by atoms with E-state index in [-0.39, 0.29) is 5.41 Å². The van der Waals surface area contributed by atoms with Gasteiger partial charge in [-0.3, -0.25) is 0 Å². The first-order valence-electron chi connectivity index (χ1n) is 7.53. The van der Waals surface area contributed by atoms with Crippen LogP contribution in [0.4, 0.5) is 0 Å². The maximum atomic E-state index is 11.0. The van der Waals surface area contributed by atoms with Crippen LogP contribution >= 0.6 is 0 Å². The van der Waals surface area contributed by atoms with Gasteiger partial charge in [-0.25, -0.2) is 9.48 Å². The third kappa shape index (κ3) is 2.52. The van der Waals surface area contributed by atoms with Crippen LogP contribution in [0.1, 0.15) is 48.1 Å². The molecule has 2 heterocycles. The summed E-state index contributed by atoms with van der Waals surface area (Å²) in [4.78, 5) is 11.0. The number of aromatic carboxylic acids is 1. The predicted octanol–water partition coefficient (Wildman–Crippen LogP) is 2.51. The van der Waals surface area contributed by atoms with Crippen LogP contribution in [-0.4, -0.2) is 27.4 Å². The molecular formula is C17H21N3O2. The van der Waals surface area contributed by atoms with Gasteiger partial charge in [0.2, 0.25) is 0 Å². The third-order valence-electron chi connectivity index (χ3n) is 4.00. The van der Waals surface area contributed by atoms with Gasteiger partial charge in [0.05, 0.1) is 22.6 Å². The Morgan fingerprint density at radius 1 is 1.27 bits per heavy atom. The molecule has 3 rings (SSSR count). The lowest BCUT2D eigenvalue weighted by Gasteiger charge is -2.20. The summed E-state index contributed by atoms with van der Waals surface area (Å²) in [6.45, 7) is 8.29. The molecule has 1 aromatic heterocycles. The normalized spacial score (nSPS) is 14.7. The van der Waals surface area contributed by atoms with Gasteiger partial charge in [0.25, 0.3) is 0 Å². The molecule has 0 fully saturated rings. The zero-order valence-electron chi connectivity index (χ0n) is 13.2.